The van der Waals surface area contributed by atoms with Gasteiger partial charge in [-0.25, -0.2) is 4.98 Å². The van der Waals surface area contributed by atoms with E-state index in [1.807, 2.05) is 36.4 Å². The van der Waals surface area contributed by atoms with E-state index in [2.05, 4.69) is 49.7 Å². The number of halogens is 3. The number of hydrogen-bond acceptors (Lipinski definition) is 2. The van der Waals surface area contributed by atoms with Gasteiger partial charge < -0.3 is 4.57 Å². The number of thioether (sulfide) groups is 1. The van der Waals surface area contributed by atoms with Gasteiger partial charge in [0.25, 0.3) is 0 Å². The molecule has 24 heavy (non-hydrogen) atoms. The molecule has 0 aliphatic rings. The monoisotopic (exact) mass is 440 g/mol. The summed E-state index contributed by atoms with van der Waals surface area (Å²) in [5, 5.41) is 1.58. The van der Waals surface area contributed by atoms with Crippen molar-refractivity contribution in [1.82, 2.24) is 9.55 Å². The fraction of sp³-hybridized carbons (Fsp3) is 0.167. The van der Waals surface area contributed by atoms with Gasteiger partial charge in [-0.1, -0.05) is 57.3 Å². The normalized spacial score (nSPS) is 12.3. The molecule has 0 aliphatic carbocycles. The zero-order valence-electron chi connectivity index (χ0n) is 12.7. The highest BCUT2D eigenvalue weighted by Gasteiger charge is 2.17. The lowest BCUT2D eigenvalue weighted by Gasteiger charge is -2.19. The van der Waals surface area contributed by atoms with Gasteiger partial charge in [0.1, 0.15) is 0 Å². The molecular weight excluding hydrogens is 427 g/mol. The van der Waals surface area contributed by atoms with Crippen molar-refractivity contribution >= 4 is 50.9 Å². The molecule has 124 valence electrons. The van der Waals surface area contributed by atoms with E-state index in [-0.39, 0.29) is 5.25 Å². The molecule has 3 rings (SSSR count). The first-order valence-corrected chi connectivity index (χ1v) is 9.98. The maximum Gasteiger partial charge on any atom is 0.0946 e. The fourth-order valence-electron chi connectivity index (χ4n) is 2.37. The maximum atomic E-state index is 6.44. The van der Waals surface area contributed by atoms with Crippen molar-refractivity contribution in [2.75, 3.05) is 0 Å². The van der Waals surface area contributed by atoms with Crippen LogP contribution in [0, 0.1) is 0 Å². The Balaban J connectivity index is 1.80. The number of aromatic nitrogens is 2. The first kappa shape index (κ1) is 17.9. The second kappa shape index (κ2) is 8.43. The van der Waals surface area contributed by atoms with Gasteiger partial charge in [0.05, 0.1) is 6.33 Å². The molecule has 0 spiro atoms. The van der Waals surface area contributed by atoms with Crippen LogP contribution in [0.15, 0.2) is 65.7 Å². The van der Waals surface area contributed by atoms with Crippen LogP contribution in [0.25, 0.3) is 0 Å². The first-order valence-electron chi connectivity index (χ1n) is 7.38. The molecule has 0 radical (unpaired) electrons. The van der Waals surface area contributed by atoms with Crippen LogP contribution >= 0.6 is 50.9 Å². The molecule has 3 aromatic rings. The first-order chi connectivity index (χ1) is 11.6. The Labute approximate surface area is 164 Å². The van der Waals surface area contributed by atoms with Crippen LogP contribution in [-0.2, 0) is 12.3 Å². The van der Waals surface area contributed by atoms with Crippen molar-refractivity contribution in [1.29, 1.82) is 0 Å². The van der Waals surface area contributed by atoms with Crippen LogP contribution in [0.5, 0.6) is 0 Å². The fourth-order valence-corrected chi connectivity index (χ4v) is 4.49. The second-order valence-corrected chi connectivity index (χ2v) is 8.30. The summed E-state index contributed by atoms with van der Waals surface area (Å²) < 4.78 is 3.16. The minimum atomic E-state index is 0.215. The molecule has 0 N–H and O–H groups in total. The molecular formula is C18H15BrCl2N2S. The van der Waals surface area contributed by atoms with E-state index in [1.165, 1.54) is 5.56 Å². The third-order valence-corrected chi connectivity index (χ3v) is 6.01. The lowest BCUT2D eigenvalue weighted by molar-refractivity contribution is 0.683. The van der Waals surface area contributed by atoms with E-state index in [1.54, 1.807) is 12.3 Å². The van der Waals surface area contributed by atoms with Gasteiger partial charge in [-0.2, -0.15) is 0 Å². The third kappa shape index (κ3) is 4.79. The molecule has 0 saturated carbocycles. The van der Waals surface area contributed by atoms with Gasteiger partial charge in [-0.05, 0) is 35.4 Å². The summed E-state index contributed by atoms with van der Waals surface area (Å²) >= 11 is 17.8. The predicted molar refractivity (Wildman–Crippen MR) is 107 cm³/mol. The summed E-state index contributed by atoms with van der Waals surface area (Å²) in [6, 6.07) is 14.1. The Morgan fingerprint density at radius 2 is 1.92 bits per heavy atom. The van der Waals surface area contributed by atoms with E-state index >= 15 is 0 Å². The Morgan fingerprint density at radius 1 is 1.12 bits per heavy atom. The largest absolute Gasteiger partial charge is 0.336 e. The Morgan fingerprint density at radius 3 is 2.58 bits per heavy atom. The molecule has 0 fully saturated rings. The molecule has 1 unspecified atom stereocenters. The summed E-state index contributed by atoms with van der Waals surface area (Å²) in [5.74, 6) is 0.908. The minimum Gasteiger partial charge on any atom is -0.336 e. The Hall–Kier alpha value is -0.940. The summed E-state index contributed by atoms with van der Waals surface area (Å²) in [6.45, 7) is 0.808. The van der Waals surface area contributed by atoms with Crippen LogP contribution in [-0.4, -0.2) is 9.55 Å². The van der Waals surface area contributed by atoms with Crippen molar-refractivity contribution in [3.8, 4) is 0 Å². The van der Waals surface area contributed by atoms with Gasteiger partial charge in [-0.3, -0.25) is 0 Å². The van der Waals surface area contributed by atoms with Crippen molar-refractivity contribution in [2.24, 2.45) is 0 Å². The van der Waals surface area contributed by atoms with Gasteiger partial charge in [0.15, 0.2) is 0 Å². The van der Waals surface area contributed by atoms with Gasteiger partial charge in [0.2, 0.25) is 0 Å². The number of nitrogens with zero attached hydrogens (tertiary/aromatic N) is 2. The highest BCUT2D eigenvalue weighted by atomic mass is 79.9. The van der Waals surface area contributed by atoms with Crippen molar-refractivity contribution in [3.05, 3.63) is 86.8 Å². The number of hydrogen-bond donors (Lipinski definition) is 0. The number of imidazole rings is 1. The molecule has 0 bridgehead atoms. The molecule has 2 aromatic carbocycles. The number of rotatable bonds is 6. The number of benzene rings is 2. The van der Waals surface area contributed by atoms with Gasteiger partial charge >= 0.3 is 0 Å². The molecule has 2 nitrogen and oxygen atoms in total. The van der Waals surface area contributed by atoms with Crippen LogP contribution in [0.2, 0.25) is 10.0 Å². The summed E-state index contributed by atoms with van der Waals surface area (Å²) in [4.78, 5) is 4.13. The van der Waals surface area contributed by atoms with Crippen molar-refractivity contribution in [2.45, 2.75) is 17.5 Å². The zero-order chi connectivity index (χ0) is 16.9. The van der Waals surface area contributed by atoms with E-state index in [0.717, 1.165) is 22.3 Å². The lowest BCUT2D eigenvalue weighted by Crippen LogP contribution is -2.06. The summed E-state index contributed by atoms with van der Waals surface area (Å²) in [7, 11) is 0. The molecule has 0 aliphatic heterocycles. The third-order valence-electron chi connectivity index (χ3n) is 3.61. The van der Waals surface area contributed by atoms with Crippen LogP contribution in [0.1, 0.15) is 16.4 Å². The van der Waals surface area contributed by atoms with E-state index < -0.39 is 0 Å². The SMILES string of the molecule is Clc1ccc(C(Cn2ccnc2)SCc2ccc(Br)cc2)c(Cl)c1. The summed E-state index contributed by atoms with van der Waals surface area (Å²) in [5.41, 5.74) is 2.38. The quantitative estimate of drug-likeness (QED) is 0.427. The average Bonchev–Trinajstić information content (AvgIpc) is 3.06. The Kier molecular flexibility index (Phi) is 6.28. The second-order valence-electron chi connectivity index (χ2n) is 5.35. The van der Waals surface area contributed by atoms with Crippen molar-refractivity contribution in [3.63, 3.8) is 0 Å². The summed E-state index contributed by atoms with van der Waals surface area (Å²) in [6.07, 6.45) is 5.59. The van der Waals surface area contributed by atoms with Gasteiger partial charge in [0, 0.05) is 44.5 Å². The van der Waals surface area contributed by atoms with E-state index in [4.69, 9.17) is 23.2 Å². The van der Waals surface area contributed by atoms with Crippen LogP contribution < -0.4 is 0 Å². The lowest BCUT2D eigenvalue weighted by atomic mass is 10.1. The standard InChI is InChI=1S/C18H15BrCl2N2S/c19-14-3-1-13(2-4-14)11-24-18(10-23-8-7-22-12-23)16-6-5-15(20)9-17(16)21/h1-9,12,18H,10-11H2. The highest BCUT2D eigenvalue weighted by molar-refractivity contribution is 9.10. The van der Waals surface area contributed by atoms with E-state index in [0.29, 0.717) is 10.0 Å². The topological polar surface area (TPSA) is 17.8 Å². The van der Waals surface area contributed by atoms with Crippen LogP contribution in [0.3, 0.4) is 0 Å². The Bertz CT molecular complexity index is 791. The molecule has 1 heterocycles. The maximum absolute atomic E-state index is 6.44. The molecule has 1 atom stereocenters. The zero-order valence-corrected chi connectivity index (χ0v) is 16.6. The molecule has 0 saturated heterocycles. The van der Waals surface area contributed by atoms with Gasteiger partial charge in [-0.15, -0.1) is 11.8 Å². The van der Waals surface area contributed by atoms with Crippen molar-refractivity contribution < 1.29 is 0 Å². The van der Waals surface area contributed by atoms with Crippen LogP contribution in [0.4, 0.5) is 0 Å². The highest BCUT2D eigenvalue weighted by Crippen LogP contribution is 2.38. The average molecular weight is 442 g/mol. The minimum absolute atomic E-state index is 0.215. The molecule has 1 aromatic heterocycles. The smallest absolute Gasteiger partial charge is 0.0946 e. The van der Waals surface area contributed by atoms with E-state index in [9.17, 15) is 0 Å². The molecule has 6 heteroatoms. The predicted octanol–water partition coefficient (Wildman–Crippen LogP) is 6.63. The molecule has 0 amide bonds.